The summed E-state index contributed by atoms with van der Waals surface area (Å²) in [6, 6.07) is 0. The molecule has 0 aromatic rings. The second-order valence-corrected chi connectivity index (χ2v) is 4.42. The van der Waals surface area contributed by atoms with Gasteiger partial charge >= 0.3 is 0 Å². The number of thioether (sulfide) groups is 1. The van der Waals surface area contributed by atoms with E-state index >= 15 is 0 Å². The lowest BCUT2D eigenvalue weighted by atomic mass is 10.1. The predicted molar refractivity (Wildman–Crippen MR) is 54.7 cm³/mol. The van der Waals surface area contributed by atoms with Crippen LogP contribution in [0.1, 0.15) is 26.2 Å². The van der Waals surface area contributed by atoms with E-state index in [4.69, 9.17) is 10.3 Å². The standard InChI is InChI=1S/C8H15N3OS/c1-2-13-8-5-3-4-7(12-8)6-10-11-9/h7-8H,2-6H2,1H3/t7?,8-/m0/s1. The Morgan fingerprint density at radius 2 is 2.46 bits per heavy atom. The fraction of sp³-hybridized carbons (Fsp3) is 1.00. The lowest BCUT2D eigenvalue weighted by molar-refractivity contribution is 0.00232. The SMILES string of the molecule is CCS[C@H]1CCCC(CN=[N+]=[N-])O1. The minimum absolute atomic E-state index is 0.147. The van der Waals surface area contributed by atoms with Crippen LogP contribution in [-0.2, 0) is 4.74 Å². The monoisotopic (exact) mass is 201 g/mol. The van der Waals surface area contributed by atoms with E-state index in [9.17, 15) is 0 Å². The van der Waals surface area contributed by atoms with Gasteiger partial charge in [0.15, 0.2) is 0 Å². The Morgan fingerprint density at radius 3 is 3.15 bits per heavy atom. The summed E-state index contributed by atoms with van der Waals surface area (Å²) in [5.74, 6) is 1.08. The molecule has 5 heteroatoms. The molecule has 1 rings (SSSR count). The van der Waals surface area contributed by atoms with E-state index in [-0.39, 0.29) is 6.10 Å². The molecule has 1 saturated heterocycles. The molecule has 0 amide bonds. The molecule has 13 heavy (non-hydrogen) atoms. The third-order valence-electron chi connectivity index (χ3n) is 2.01. The molecule has 0 aliphatic carbocycles. The van der Waals surface area contributed by atoms with Crippen molar-refractivity contribution >= 4 is 11.8 Å². The highest BCUT2D eigenvalue weighted by Crippen LogP contribution is 2.26. The number of hydrogen-bond donors (Lipinski definition) is 0. The van der Waals surface area contributed by atoms with Crippen LogP contribution in [-0.4, -0.2) is 23.8 Å². The quantitative estimate of drug-likeness (QED) is 0.399. The lowest BCUT2D eigenvalue weighted by Gasteiger charge is -2.28. The van der Waals surface area contributed by atoms with Crippen LogP contribution in [0.25, 0.3) is 10.4 Å². The van der Waals surface area contributed by atoms with Gasteiger partial charge in [-0.1, -0.05) is 12.0 Å². The van der Waals surface area contributed by atoms with E-state index in [1.807, 2.05) is 11.8 Å². The molecule has 0 aromatic carbocycles. The number of ether oxygens (including phenoxy) is 1. The average molecular weight is 201 g/mol. The van der Waals surface area contributed by atoms with Gasteiger partial charge < -0.3 is 4.74 Å². The fourth-order valence-corrected chi connectivity index (χ4v) is 2.37. The van der Waals surface area contributed by atoms with E-state index in [0.717, 1.165) is 18.6 Å². The fourth-order valence-electron chi connectivity index (χ4n) is 1.43. The highest BCUT2D eigenvalue weighted by atomic mass is 32.2. The van der Waals surface area contributed by atoms with Gasteiger partial charge in [0.25, 0.3) is 0 Å². The van der Waals surface area contributed by atoms with Crippen molar-refractivity contribution in [1.29, 1.82) is 0 Å². The van der Waals surface area contributed by atoms with Crippen molar-refractivity contribution in [3.8, 4) is 0 Å². The van der Waals surface area contributed by atoms with Crippen molar-refractivity contribution < 1.29 is 4.74 Å². The molecule has 1 heterocycles. The second kappa shape index (κ2) is 6.13. The normalized spacial score (nSPS) is 28.1. The Bertz CT molecular complexity index is 192. The largest absolute Gasteiger partial charge is 0.364 e. The van der Waals surface area contributed by atoms with Crippen LogP contribution in [0.3, 0.4) is 0 Å². The Hall–Kier alpha value is -0.380. The van der Waals surface area contributed by atoms with Crippen LogP contribution in [0.4, 0.5) is 0 Å². The van der Waals surface area contributed by atoms with Crippen molar-refractivity contribution in [2.45, 2.75) is 37.7 Å². The molecule has 4 nitrogen and oxygen atoms in total. The smallest absolute Gasteiger partial charge is 0.103 e. The van der Waals surface area contributed by atoms with Crippen LogP contribution >= 0.6 is 11.8 Å². The molecule has 0 saturated carbocycles. The summed E-state index contributed by atoms with van der Waals surface area (Å²) < 4.78 is 5.73. The van der Waals surface area contributed by atoms with Gasteiger partial charge in [-0.15, -0.1) is 11.8 Å². The summed E-state index contributed by atoms with van der Waals surface area (Å²) in [6.07, 6.45) is 3.49. The van der Waals surface area contributed by atoms with Crippen LogP contribution in [0.5, 0.6) is 0 Å². The second-order valence-electron chi connectivity index (χ2n) is 2.99. The molecule has 0 spiro atoms. The molecule has 0 N–H and O–H groups in total. The maximum absolute atomic E-state index is 8.16. The first-order valence-electron chi connectivity index (χ1n) is 4.64. The Kier molecular flexibility index (Phi) is 5.05. The van der Waals surface area contributed by atoms with E-state index < -0.39 is 0 Å². The molecule has 0 radical (unpaired) electrons. The van der Waals surface area contributed by atoms with Gasteiger partial charge in [0.05, 0.1) is 12.6 Å². The maximum Gasteiger partial charge on any atom is 0.103 e. The summed E-state index contributed by atoms with van der Waals surface area (Å²) >= 11 is 1.83. The molecule has 2 atom stereocenters. The highest BCUT2D eigenvalue weighted by Gasteiger charge is 2.21. The van der Waals surface area contributed by atoms with Gasteiger partial charge in [-0.3, -0.25) is 0 Å². The molecule has 1 aliphatic heterocycles. The van der Waals surface area contributed by atoms with Crippen molar-refractivity contribution in [2.75, 3.05) is 12.3 Å². The first kappa shape index (κ1) is 10.7. The van der Waals surface area contributed by atoms with Gasteiger partial charge in [0.1, 0.15) is 5.44 Å². The van der Waals surface area contributed by atoms with Crippen LogP contribution in [0.15, 0.2) is 5.11 Å². The van der Waals surface area contributed by atoms with E-state index in [2.05, 4.69) is 16.9 Å². The third-order valence-corrected chi connectivity index (χ3v) is 3.06. The summed E-state index contributed by atoms with van der Waals surface area (Å²) in [7, 11) is 0. The summed E-state index contributed by atoms with van der Waals surface area (Å²) in [5, 5.41) is 3.54. The first-order valence-corrected chi connectivity index (χ1v) is 5.69. The zero-order chi connectivity index (χ0) is 9.52. The molecule has 1 unspecified atom stereocenters. The molecular weight excluding hydrogens is 186 g/mol. The van der Waals surface area contributed by atoms with Gasteiger partial charge in [0.2, 0.25) is 0 Å². The van der Waals surface area contributed by atoms with E-state index in [0.29, 0.717) is 12.0 Å². The minimum Gasteiger partial charge on any atom is -0.364 e. The zero-order valence-corrected chi connectivity index (χ0v) is 8.66. The molecule has 0 aromatic heterocycles. The van der Waals surface area contributed by atoms with Crippen molar-refractivity contribution in [2.24, 2.45) is 5.11 Å². The van der Waals surface area contributed by atoms with Gasteiger partial charge in [-0.25, -0.2) is 0 Å². The molecule has 1 aliphatic rings. The van der Waals surface area contributed by atoms with E-state index in [1.165, 1.54) is 6.42 Å². The highest BCUT2D eigenvalue weighted by molar-refractivity contribution is 7.99. The summed E-state index contributed by atoms with van der Waals surface area (Å²) in [5.41, 5.74) is 8.48. The minimum atomic E-state index is 0.147. The first-order chi connectivity index (χ1) is 6.36. The molecular formula is C8H15N3OS. The number of rotatable bonds is 4. The number of azide groups is 1. The summed E-state index contributed by atoms with van der Waals surface area (Å²) in [6.45, 7) is 2.61. The number of hydrogen-bond acceptors (Lipinski definition) is 3. The van der Waals surface area contributed by atoms with Crippen LogP contribution in [0, 0.1) is 0 Å². The predicted octanol–water partition coefficient (Wildman–Crippen LogP) is 2.95. The van der Waals surface area contributed by atoms with Gasteiger partial charge in [-0.2, -0.15) is 0 Å². The lowest BCUT2D eigenvalue weighted by Crippen LogP contribution is -2.27. The average Bonchev–Trinajstić information content (AvgIpc) is 2.16. The zero-order valence-electron chi connectivity index (χ0n) is 7.85. The van der Waals surface area contributed by atoms with Gasteiger partial charge in [0, 0.05) is 4.91 Å². The van der Waals surface area contributed by atoms with Crippen molar-refractivity contribution in [3.63, 3.8) is 0 Å². The topological polar surface area (TPSA) is 58.0 Å². The third kappa shape index (κ3) is 3.89. The van der Waals surface area contributed by atoms with Crippen LogP contribution < -0.4 is 0 Å². The van der Waals surface area contributed by atoms with Crippen LogP contribution in [0.2, 0.25) is 0 Å². The summed E-state index contributed by atoms with van der Waals surface area (Å²) in [4.78, 5) is 2.74. The molecule has 0 bridgehead atoms. The van der Waals surface area contributed by atoms with E-state index in [1.54, 1.807) is 0 Å². The molecule has 1 fully saturated rings. The van der Waals surface area contributed by atoms with Gasteiger partial charge in [-0.05, 0) is 30.5 Å². The Balaban J connectivity index is 2.28. The number of nitrogens with zero attached hydrogens (tertiary/aromatic N) is 3. The van der Waals surface area contributed by atoms with Crippen molar-refractivity contribution in [3.05, 3.63) is 10.4 Å². The maximum atomic E-state index is 8.16. The molecule has 74 valence electrons. The van der Waals surface area contributed by atoms with Crippen molar-refractivity contribution in [1.82, 2.24) is 0 Å². The Labute approximate surface area is 82.7 Å². The Morgan fingerprint density at radius 1 is 1.62 bits per heavy atom.